The van der Waals surface area contributed by atoms with Gasteiger partial charge in [0.1, 0.15) is 16.5 Å². The zero-order chi connectivity index (χ0) is 19.9. The number of piperidine rings is 1. The lowest BCUT2D eigenvalue weighted by molar-refractivity contribution is 0.437. The summed E-state index contributed by atoms with van der Waals surface area (Å²) in [6.45, 7) is 3.60. The number of sulfone groups is 1. The van der Waals surface area contributed by atoms with Gasteiger partial charge in [0.05, 0.1) is 16.1 Å². The zero-order valence-corrected chi connectivity index (χ0v) is 16.2. The third-order valence-electron chi connectivity index (χ3n) is 5.28. The average molecular weight is 402 g/mol. The molecule has 2 heterocycles. The highest BCUT2D eigenvalue weighted by Gasteiger charge is 2.28. The van der Waals surface area contributed by atoms with Crippen LogP contribution in [0.1, 0.15) is 19.8 Å². The second kappa shape index (κ2) is 7.13. The molecule has 0 bridgehead atoms. The molecule has 0 spiro atoms. The maximum Gasteiger partial charge on any atom is 0.210 e. The lowest BCUT2D eigenvalue weighted by Gasteiger charge is -2.34. The van der Waals surface area contributed by atoms with Gasteiger partial charge < -0.3 is 4.90 Å². The molecule has 2 aromatic carbocycles. The first-order valence-corrected chi connectivity index (χ1v) is 10.7. The van der Waals surface area contributed by atoms with Crippen molar-refractivity contribution in [3.63, 3.8) is 0 Å². The molecular formula is C21H20F2N2O2S. The van der Waals surface area contributed by atoms with E-state index < -0.39 is 21.5 Å². The first kappa shape index (κ1) is 18.8. The van der Waals surface area contributed by atoms with Crippen molar-refractivity contribution in [2.75, 3.05) is 18.0 Å². The highest BCUT2D eigenvalue weighted by molar-refractivity contribution is 7.91. The molecule has 0 N–H and O–H groups in total. The van der Waals surface area contributed by atoms with Crippen molar-refractivity contribution in [3.8, 4) is 0 Å². The fraction of sp³-hybridized carbons (Fsp3) is 0.286. The Balaban J connectivity index is 1.93. The van der Waals surface area contributed by atoms with Gasteiger partial charge in [0.2, 0.25) is 9.84 Å². The summed E-state index contributed by atoms with van der Waals surface area (Å²) in [5.74, 6) is -0.359. The number of hydrogen-bond acceptors (Lipinski definition) is 4. The molecule has 4 nitrogen and oxygen atoms in total. The summed E-state index contributed by atoms with van der Waals surface area (Å²) in [7, 11) is -3.92. The Labute approximate surface area is 162 Å². The number of hydrogen-bond donors (Lipinski definition) is 0. The monoisotopic (exact) mass is 402 g/mol. The Morgan fingerprint density at radius 2 is 1.64 bits per heavy atom. The van der Waals surface area contributed by atoms with E-state index in [2.05, 4.69) is 11.9 Å². The van der Waals surface area contributed by atoms with Crippen LogP contribution in [-0.4, -0.2) is 26.5 Å². The van der Waals surface area contributed by atoms with Gasteiger partial charge in [0.25, 0.3) is 0 Å². The Hall–Kier alpha value is -2.54. The van der Waals surface area contributed by atoms with Crippen molar-refractivity contribution in [2.45, 2.75) is 29.6 Å². The topological polar surface area (TPSA) is 50.3 Å². The lowest BCUT2D eigenvalue weighted by Crippen LogP contribution is -2.34. The number of benzene rings is 2. The van der Waals surface area contributed by atoms with Crippen molar-refractivity contribution >= 4 is 26.4 Å². The molecule has 146 valence electrons. The molecule has 1 fully saturated rings. The van der Waals surface area contributed by atoms with Gasteiger partial charge in [0.15, 0.2) is 0 Å². The number of rotatable bonds is 3. The summed E-state index contributed by atoms with van der Waals surface area (Å²) in [5, 5.41) is 0.596. The van der Waals surface area contributed by atoms with Crippen LogP contribution >= 0.6 is 0 Å². The number of aromatic nitrogens is 1. The second-order valence-corrected chi connectivity index (χ2v) is 9.18. The van der Waals surface area contributed by atoms with Gasteiger partial charge in [-0.2, -0.15) is 0 Å². The predicted molar refractivity (Wildman–Crippen MR) is 104 cm³/mol. The summed E-state index contributed by atoms with van der Waals surface area (Å²) in [6.07, 6.45) is 3.18. The van der Waals surface area contributed by atoms with Crippen molar-refractivity contribution in [2.24, 2.45) is 5.92 Å². The Bertz CT molecular complexity index is 1120. The Morgan fingerprint density at radius 3 is 2.32 bits per heavy atom. The van der Waals surface area contributed by atoms with Gasteiger partial charge in [-0.05, 0) is 55.2 Å². The minimum atomic E-state index is -3.92. The van der Waals surface area contributed by atoms with Gasteiger partial charge in [-0.1, -0.05) is 6.92 Å². The van der Waals surface area contributed by atoms with Gasteiger partial charge >= 0.3 is 0 Å². The normalized spacial score (nSPS) is 15.9. The van der Waals surface area contributed by atoms with E-state index in [1.165, 1.54) is 30.5 Å². The summed E-state index contributed by atoms with van der Waals surface area (Å²) in [5.41, 5.74) is 0.952. The minimum absolute atomic E-state index is 0.00351. The molecule has 7 heteroatoms. The van der Waals surface area contributed by atoms with Crippen LogP contribution in [0, 0.1) is 17.6 Å². The highest BCUT2D eigenvalue weighted by atomic mass is 32.2. The van der Waals surface area contributed by atoms with E-state index in [1.54, 1.807) is 6.07 Å². The number of halogens is 2. The third kappa shape index (κ3) is 3.35. The predicted octanol–water partition coefficient (Wildman–Crippen LogP) is 4.58. The van der Waals surface area contributed by atoms with Crippen molar-refractivity contribution in [3.05, 3.63) is 60.3 Å². The van der Waals surface area contributed by atoms with Crippen molar-refractivity contribution in [1.82, 2.24) is 4.98 Å². The first-order valence-electron chi connectivity index (χ1n) is 9.20. The molecule has 4 rings (SSSR count). The molecule has 1 aliphatic heterocycles. The van der Waals surface area contributed by atoms with E-state index in [-0.39, 0.29) is 9.79 Å². The SMILES string of the molecule is CC1CCN(c2c(S(=O)(=O)c3ccc(F)cc3)cnc3cc(F)ccc23)CC1. The zero-order valence-electron chi connectivity index (χ0n) is 15.4. The smallest absolute Gasteiger partial charge is 0.210 e. The standard InChI is InChI=1S/C21H20F2N2O2S/c1-14-8-10-25(11-9-14)21-18-7-4-16(23)12-19(18)24-13-20(21)28(26,27)17-5-2-15(22)3-6-17/h2-7,12-14H,8-11H2,1H3. The van der Waals surface area contributed by atoms with Crippen molar-refractivity contribution < 1.29 is 17.2 Å². The first-order chi connectivity index (χ1) is 13.4. The van der Waals surface area contributed by atoms with E-state index in [0.29, 0.717) is 35.6 Å². The van der Waals surface area contributed by atoms with Gasteiger partial charge in [-0.25, -0.2) is 17.2 Å². The summed E-state index contributed by atoms with van der Waals surface area (Å²) in [6, 6.07) is 8.95. The molecule has 1 aliphatic rings. The van der Waals surface area contributed by atoms with Crippen LogP contribution in [0.4, 0.5) is 14.5 Å². The van der Waals surface area contributed by atoms with Crippen LogP contribution in [0.15, 0.2) is 58.5 Å². The van der Waals surface area contributed by atoms with Crippen LogP contribution in [0.3, 0.4) is 0 Å². The average Bonchev–Trinajstić information content (AvgIpc) is 2.68. The van der Waals surface area contributed by atoms with Crippen LogP contribution in [0.2, 0.25) is 0 Å². The molecule has 28 heavy (non-hydrogen) atoms. The van der Waals surface area contributed by atoms with Crippen LogP contribution < -0.4 is 4.90 Å². The summed E-state index contributed by atoms with van der Waals surface area (Å²) in [4.78, 5) is 6.31. The van der Waals surface area contributed by atoms with Crippen molar-refractivity contribution in [1.29, 1.82) is 0 Å². The molecule has 0 saturated carbocycles. The lowest BCUT2D eigenvalue weighted by atomic mass is 9.98. The molecule has 1 saturated heterocycles. The molecule has 1 aromatic heterocycles. The molecule has 0 radical (unpaired) electrons. The van der Waals surface area contributed by atoms with Crippen LogP contribution in [-0.2, 0) is 9.84 Å². The van der Waals surface area contributed by atoms with Crippen LogP contribution in [0.25, 0.3) is 10.9 Å². The van der Waals surface area contributed by atoms with E-state index in [0.717, 1.165) is 25.0 Å². The number of anilines is 1. The fourth-order valence-corrected chi connectivity index (χ4v) is 5.06. The summed E-state index contributed by atoms with van der Waals surface area (Å²) < 4.78 is 53.6. The van der Waals surface area contributed by atoms with E-state index >= 15 is 0 Å². The van der Waals surface area contributed by atoms with Gasteiger partial charge in [0, 0.05) is 30.7 Å². The molecule has 0 unspecified atom stereocenters. The van der Waals surface area contributed by atoms with E-state index in [9.17, 15) is 17.2 Å². The quantitative estimate of drug-likeness (QED) is 0.602. The maximum absolute atomic E-state index is 13.7. The molecule has 0 amide bonds. The fourth-order valence-electron chi connectivity index (χ4n) is 3.63. The molecular weight excluding hydrogens is 382 g/mol. The maximum atomic E-state index is 13.7. The second-order valence-electron chi connectivity index (χ2n) is 7.26. The molecule has 0 aliphatic carbocycles. The van der Waals surface area contributed by atoms with E-state index in [1.807, 2.05) is 4.90 Å². The number of fused-ring (bicyclic) bond motifs is 1. The summed E-state index contributed by atoms with van der Waals surface area (Å²) >= 11 is 0. The van der Waals surface area contributed by atoms with Gasteiger partial charge in [-0.3, -0.25) is 4.98 Å². The number of pyridine rings is 1. The van der Waals surface area contributed by atoms with Gasteiger partial charge in [-0.15, -0.1) is 0 Å². The molecule has 0 atom stereocenters. The minimum Gasteiger partial charge on any atom is -0.370 e. The van der Waals surface area contributed by atoms with Crippen LogP contribution in [0.5, 0.6) is 0 Å². The van der Waals surface area contributed by atoms with E-state index in [4.69, 9.17) is 0 Å². The third-order valence-corrected chi connectivity index (χ3v) is 7.05. The highest BCUT2D eigenvalue weighted by Crippen LogP contribution is 2.37. The Morgan fingerprint density at radius 1 is 1.00 bits per heavy atom. The largest absolute Gasteiger partial charge is 0.370 e. The number of nitrogens with zero attached hydrogens (tertiary/aromatic N) is 2. The Kier molecular flexibility index (Phi) is 4.79. The molecule has 3 aromatic rings.